The minimum absolute atomic E-state index is 0.840. The number of hydrogen-bond acceptors (Lipinski definition) is 1. The van der Waals surface area contributed by atoms with Crippen LogP contribution in [0.1, 0.15) is 12.7 Å². The van der Waals surface area contributed by atoms with Crippen LogP contribution in [0.15, 0.2) is 12.4 Å². The maximum atomic E-state index is 3.94. The van der Waals surface area contributed by atoms with E-state index in [2.05, 4.69) is 18.8 Å². The Balaban J connectivity index is 2.92. The quantitative estimate of drug-likeness (QED) is 0.527. The van der Waals surface area contributed by atoms with Crippen molar-refractivity contribution in [1.82, 2.24) is 9.55 Å². The van der Waals surface area contributed by atoms with Gasteiger partial charge in [0.1, 0.15) is 5.82 Å². The largest absolute Gasteiger partial charge is 0.335 e. The second-order valence-electron chi connectivity index (χ2n) is 1.63. The first kappa shape index (κ1) is 5.35. The molecule has 0 atom stereocenters. The number of nitrogens with zero attached hydrogens (tertiary/aromatic N) is 2. The topological polar surface area (TPSA) is 17.8 Å². The molecule has 0 bridgehead atoms. The monoisotopic (exact) mass is 109 g/mol. The third-order valence-corrected chi connectivity index (χ3v) is 1.14. The van der Waals surface area contributed by atoms with Gasteiger partial charge in [0.25, 0.3) is 0 Å². The lowest BCUT2D eigenvalue weighted by Gasteiger charge is -1.95. The fourth-order valence-electron chi connectivity index (χ4n) is 0.648. The van der Waals surface area contributed by atoms with Gasteiger partial charge in [-0.2, -0.15) is 0 Å². The molecule has 1 radical (unpaired) electrons. The van der Waals surface area contributed by atoms with Gasteiger partial charge in [0.2, 0.25) is 0 Å². The molecule has 43 valence electrons. The predicted octanol–water partition coefficient (Wildman–Crippen LogP) is 1.09. The minimum Gasteiger partial charge on any atom is -0.335 e. The van der Waals surface area contributed by atoms with E-state index in [9.17, 15) is 0 Å². The summed E-state index contributed by atoms with van der Waals surface area (Å²) in [6.45, 7) is 6.73. The summed E-state index contributed by atoms with van der Waals surface area (Å²) < 4.78 is 1.99. The zero-order chi connectivity index (χ0) is 5.98. The van der Waals surface area contributed by atoms with Gasteiger partial charge in [-0.25, -0.2) is 4.98 Å². The van der Waals surface area contributed by atoms with E-state index in [0.717, 1.165) is 12.4 Å². The average molecular weight is 109 g/mol. The van der Waals surface area contributed by atoms with Crippen LogP contribution in [-0.4, -0.2) is 9.55 Å². The Morgan fingerprint density at radius 1 is 1.88 bits per heavy atom. The first-order chi connectivity index (χ1) is 3.84. The summed E-state index contributed by atoms with van der Waals surface area (Å²) in [5.41, 5.74) is 0. The first-order valence-corrected chi connectivity index (χ1v) is 2.67. The molecule has 8 heavy (non-hydrogen) atoms. The molecule has 1 aromatic heterocycles. The van der Waals surface area contributed by atoms with E-state index < -0.39 is 0 Å². The Bertz CT molecular complexity index is 167. The molecule has 0 aliphatic carbocycles. The molecule has 1 rings (SSSR count). The highest BCUT2D eigenvalue weighted by Gasteiger charge is 1.88. The van der Waals surface area contributed by atoms with E-state index in [-0.39, 0.29) is 0 Å². The highest BCUT2D eigenvalue weighted by atomic mass is 15.0. The van der Waals surface area contributed by atoms with Gasteiger partial charge in [0, 0.05) is 25.9 Å². The van der Waals surface area contributed by atoms with Gasteiger partial charge in [-0.3, -0.25) is 0 Å². The molecule has 0 saturated carbocycles. The molecule has 1 aromatic rings. The van der Waals surface area contributed by atoms with Crippen molar-refractivity contribution in [3.63, 3.8) is 0 Å². The minimum atomic E-state index is 0.840. The Hall–Kier alpha value is -0.790. The van der Waals surface area contributed by atoms with Gasteiger partial charge in [-0.15, -0.1) is 0 Å². The standard InChI is InChI=1S/C6H9N2/c1-3-8-5-4-7-6(8)2/h4-5H,2-3H2,1H3. The molecule has 0 aromatic carbocycles. The highest BCUT2D eigenvalue weighted by molar-refractivity contribution is 4.94. The number of hydrogen-bond donors (Lipinski definition) is 0. The van der Waals surface area contributed by atoms with E-state index in [1.54, 1.807) is 6.20 Å². The van der Waals surface area contributed by atoms with Crippen molar-refractivity contribution >= 4 is 0 Å². The molecule has 2 heteroatoms. The fourth-order valence-corrected chi connectivity index (χ4v) is 0.648. The molecule has 0 N–H and O–H groups in total. The maximum absolute atomic E-state index is 3.94. The zero-order valence-corrected chi connectivity index (χ0v) is 4.96. The van der Waals surface area contributed by atoms with Crippen LogP contribution >= 0.6 is 0 Å². The number of aryl methyl sites for hydroxylation is 1. The SMILES string of the molecule is [CH2]c1nccn1CC. The third kappa shape index (κ3) is 0.735. The van der Waals surface area contributed by atoms with E-state index >= 15 is 0 Å². The van der Waals surface area contributed by atoms with Crippen molar-refractivity contribution in [1.29, 1.82) is 0 Å². The molecule has 0 spiro atoms. The van der Waals surface area contributed by atoms with Crippen LogP contribution in [0.5, 0.6) is 0 Å². The van der Waals surface area contributed by atoms with E-state index in [0.29, 0.717) is 0 Å². The van der Waals surface area contributed by atoms with Crippen LogP contribution in [0.4, 0.5) is 0 Å². The summed E-state index contributed by atoms with van der Waals surface area (Å²) in [5, 5.41) is 0. The second kappa shape index (κ2) is 1.99. The van der Waals surface area contributed by atoms with Crippen LogP contribution in [0.3, 0.4) is 0 Å². The van der Waals surface area contributed by atoms with Crippen LogP contribution in [-0.2, 0) is 6.54 Å². The fraction of sp³-hybridized carbons (Fsp3) is 0.333. The van der Waals surface area contributed by atoms with E-state index in [1.807, 2.05) is 10.8 Å². The Morgan fingerprint density at radius 2 is 2.62 bits per heavy atom. The molecule has 0 saturated heterocycles. The van der Waals surface area contributed by atoms with Crippen LogP contribution in [0.2, 0.25) is 0 Å². The lowest BCUT2D eigenvalue weighted by molar-refractivity contribution is 0.745. The van der Waals surface area contributed by atoms with E-state index in [1.165, 1.54) is 0 Å². The van der Waals surface area contributed by atoms with E-state index in [4.69, 9.17) is 0 Å². The third-order valence-electron chi connectivity index (χ3n) is 1.14. The summed E-state index contributed by atoms with van der Waals surface area (Å²) in [4.78, 5) is 3.94. The summed E-state index contributed by atoms with van der Waals surface area (Å²) in [5.74, 6) is 0.840. The van der Waals surface area contributed by atoms with Crippen molar-refractivity contribution < 1.29 is 0 Å². The van der Waals surface area contributed by atoms with Crippen molar-refractivity contribution in [3.05, 3.63) is 25.1 Å². The molecule has 1 heterocycles. The molecular weight excluding hydrogens is 100 g/mol. The van der Waals surface area contributed by atoms with Crippen molar-refractivity contribution in [2.45, 2.75) is 13.5 Å². The van der Waals surface area contributed by atoms with Crippen molar-refractivity contribution in [2.75, 3.05) is 0 Å². The van der Waals surface area contributed by atoms with Gasteiger partial charge < -0.3 is 4.57 Å². The predicted molar refractivity (Wildman–Crippen MR) is 32.4 cm³/mol. The summed E-state index contributed by atoms with van der Waals surface area (Å²) >= 11 is 0. The van der Waals surface area contributed by atoms with Crippen LogP contribution in [0.25, 0.3) is 0 Å². The molecule has 0 fully saturated rings. The Kier molecular flexibility index (Phi) is 1.33. The molecule has 2 nitrogen and oxygen atoms in total. The summed E-state index contributed by atoms with van der Waals surface area (Å²) in [6, 6.07) is 0. The molecule has 0 amide bonds. The number of rotatable bonds is 1. The van der Waals surface area contributed by atoms with Gasteiger partial charge in [0.15, 0.2) is 0 Å². The van der Waals surface area contributed by atoms with Crippen molar-refractivity contribution in [3.8, 4) is 0 Å². The number of imidazole rings is 1. The smallest absolute Gasteiger partial charge is 0.109 e. The number of aromatic nitrogens is 2. The first-order valence-electron chi connectivity index (χ1n) is 2.67. The van der Waals surface area contributed by atoms with Gasteiger partial charge in [0.05, 0.1) is 0 Å². The summed E-state index contributed by atoms with van der Waals surface area (Å²) in [7, 11) is 0. The van der Waals surface area contributed by atoms with Gasteiger partial charge >= 0.3 is 0 Å². The second-order valence-corrected chi connectivity index (χ2v) is 1.63. The lowest BCUT2D eigenvalue weighted by Crippen LogP contribution is -1.93. The Morgan fingerprint density at radius 3 is 2.88 bits per heavy atom. The normalized spacial score (nSPS) is 9.75. The van der Waals surface area contributed by atoms with Crippen LogP contribution in [0, 0.1) is 6.92 Å². The molecule has 0 aliphatic heterocycles. The summed E-state index contributed by atoms with van der Waals surface area (Å²) in [6.07, 6.45) is 3.67. The molecule has 0 aliphatic rings. The Labute approximate surface area is 49.2 Å². The van der Waals surface area contributed by atoms with Gasteiger partial charge in [-0.05, 0) is 6.92 Å². The van der Waals surface area contributed by atoms with Crippen LogP contribution < -0.4 is 0 Å². The molecule has 0 unspecified atom stereocenters. The maximum Gasteiger partial charge on any atom is 0.109 e. The average Bonchev–Trinajstić information content (AvgIpc) is 2.14. The zero-order valence-electron chi connectivity index (χ0n) is 4.96. The highest BCUT2D eigenvalue weighted by Crippen LogP contribution is 1.92. The lowest BCUT2D eigenvalue weighted by atomic mass is 10.6. The van der Waals surface area contributed by atoms with Crippen molar-refractivity contribution in [2.24, 2.45) is 0 Å². The van der Waals surface area contributed by atoms with Gasteiger partial charge in [-0.1, -0.05) is 0 Å². The molecular formula is C6H9N2.